The zero-order valence-corrected chi connectivity index (χ0v) is 13.7. The number of rotatable bonds is 8. The van der Waals surface area contributed by atoms with E-state index in [9.17, 15) is 18.9 Å². The summed E-state index contributed by atoms with van der Waals surface area (Å²) < 4.78 is 12.4. The fourth-order valence-electron chi connectivity index (χ4n) is 2.37. The molecule has 2 atom stereocenters. The van der Waals surface area contributed by atoms with Gasteiger partial charge in [0.15, 0.2) is 0 Å². The number of aliphatic carboxylic acids is 1. The van der Waals surface area contributed by atoms with Crippen molar-refractivity contribution in [2.45, 2.75) is 23.8 Å². The van der Waals surface area contributed by atoms with E-state index in [2.05, 4.69) is 0 Å². The SMILES string of the molecule is O=C(O)c1cccc(CS(=O)C(CCc2ccccc2)C(=O)O)c1. The Hall–Kier alpha value is -2.47. The monoisotopic (exact) mass is 346 g/mol. The van der Waals surface area contributed by atoms with Crippen LogP contribution >= 0.6 is 0 Å². The molecule has 2 aromatic rings. The highest BCUT2D eigenvalue weighted by atomic mass is 32.2. The van der Waals surface area contributed by atoms with Crippen LogP contribution in [0.15, 0.2) is 54.6 Å². The molecule has 24 heavy (non-hydrogen) atoms. The topological polar surface area (TPSA) is 91.7 Å². The first-order chi connectivity index (χ1) is 11.5. The van der Waals surface area contributed by atoms with Gasteiger partial charge in [0.1, 0.15) is 5.25 Å². The second-order valence-corrected chi connectivity index (χ2v) is 7.00. The van der Waals surface area contributed by atoms with Crippen LogP contribution in [0.1, 0.15) is 27.9 Å². The molecule has 0 heterocycles. The van der Waals surface area contributed by atoms with Crippen molar-refractivity contribution < 1.29 is 24.0 Å². The quantitative estimate of drug-likeness (QED) is 0.767. The molecule has 0 radical (unpaired) electrons. The summed E-state index contributed by atoms with van der Waals surface area (Å²) in [4.78, 5) is 22.4. The van der Waals surface area contributed by atoms with Crippen LogP contribution in [0, 0.1) is 0 Å². The number of aromatic carboxylic acids is 1. The molecule has 2 unspecified atom stereocenters. The summed E-state index contributed by atoms with van der Waals surface area (Å²) >= 11 is 0. The van der Waals surface area contributed by atoms with Crippen LogP contribution in [0.2, 0.25) is 0 Å². The molecule has 0 aliphatic carbocycles. The Morgan fingerprint density at radius 1 is 0.958 bits per heavy atom. The van der Waals surface area contributed by atoms with Crippen molar-refractivity contribution in [1.29, 1.82) is 0 Å². The Balaban J connectivity index is 2.05. The van der Waals surface area contributed by atoms with E-state index in [-0.39, 0.29) is 17.7 Å². The highest BCUT2D eigenvalue weighted by Gasteiger charge is 2.24. The van der Waals surface area contributed by atoms with Gasteiger partial charge < -0.3 is 10.2 Å². The van der Waals surface area contributed by atoms with Crippen LogP contribution in [-0.2, 0) is 27.8 Å². The highest BCUT2D eigenvalue weighted by molar-refractivity contribution is 7.85. The Bertz CT molecular complexity index is 742. The lowest BCUT2D eigenvalue weighted by Crippen LogP contribution is -2.27. The smallest absolute Gasteiger partial charge is 0.335 e. The Morgan fingerprint density at radius 3 is 2.25 bits per heavy atom. The molecule has 2 N–H and O–H groups in total. The number of hydrogen-bond donors (Lipinski definition) is 2. The molecule has 6 heteroatoms. The maximum atomic E-state index is 12.4. The molecule has 0 saturated heterocycles. The third kappa shape index (κ3) is 5.03. The first-order valence-electron chi connectivity index (χ1n) is 7.43. The van der Waals surface area contributed by atoms with Gasteiger partial charge in [-0.05, 0) is 36.1 Å². The molecule has 2 aromatic carbocycles. The molecule has 126 valence electrons. The molecule has 0 saturated carbocycles. The minimum atomic E-state index is -1.63. The predicted molar refractivity (Wildman–Crippen MR) is 91.4 cm³/mol. The van der Waals surface area contributed by atoms with Gasteiger partial charge >= 0.3 is 11.9 Å². The molecule has 2 rings (SSSR count). The summed E-state index contributed by atoms with van der Waals surface area (Å²) in [5.41, 5.74) is 1.65. The van der Waals surface area contributed by atoms with Gasteiger partial charge in [-0.3, -0.25) is 9.00 Å². The van der Waals surface area contributed by atoms with Crippen molar-refractivity contribution in [2.75, 3.05) is 0 Å². The standard InChI is InChI=1S/C18H18O5S/c19-17(20)15-8-4-7-14(11-15)12-24(23)16(18(21)22)10-9-13-5-2-1-3-6-13/h1-8,11,16H,9-10,12H2,(H,19,20)(H,21,22). The highest BCUT2D eigenvalue weighted by Crippen LogP contribution is 2.15. The zero-order valence-electron chi connectivity index (χ0n) is 12.9. The average molecular weight is 346 g/mol. The predicted octanol–water partition coefficient (Wildman–Crippen LogP) is 2.72. The average Bonchev–Trinajstić information content (AvgIpc) is 2.56. The molecular formula is C18H18O5S. The van der Waals surface area contributed by atoms with Crippen molar-refractivity contribution in [1.82, 2.24) is 0 Å². The number of carboxylic acids is 2. The maximum Gasteiger partial charge on any atom is 0.335 e. The van der Waals surface area contributed by atoms with Crippen LogP contribution in [0.3, 0.4) is 0 Å². The van der Waals surface area contributed by atoms with Crippen LogP contribution in [0.4, 0.5) is 0 Å². The molecule has 0 aliphatic heterocycles. The lowest BCUT2D eigenvalue weighted by molar-refractivity contribution is -0.136. The minimum Gasteiger partial charge on any atom is -0.480 e. The van der Waals surface area contributed by atoms with E-state index in [0.29, 0.717) is 12.0 Å². The minimum absolute atomic E-state index is 0.0207. The van der Waals surface area contributed by atoms with E-state index >= 15 is 0 Å². The third-order valence-electron chi connectivity index (χ3n) is 3.61. The van der Waals surface area contributed by atoms with Crippen molar-refractivity contribution in [3.05, 3.63) is 71.3 Å². The summed E-state index contributed by atoms with van der Waals surface area (Å²) in [6.07, 6.45) is 0.795. The van der Waals surface area contributed by atoms with Crippen LogP contribution in [0.5, 0.6) is 0 Å². The summed E-state index contributed by atoms with van der Waals surface area (Å²) in [6.45, 7) is 0. The largest absolute Gasteiger partial charge is 0.480 e. The molecular weight excluding hydrogens is 328 g/mol. The van der Waals surface area contributed by atoms with E-state index in [1.54, 1.807) is 12.1 Å². The van der Waals surface area contributed by atoms with E-state index < -0.39 is 28.0 Å². The van der Waals surface area contributed by atoms with Gasteiger partial charge in [0.05, 0.1) is 5.56 Å². The van der Waals surface area contributed by atoms with Gasteiger partial charge in [0.2, 0.25) is 0 Å². The van der Waals surface area contributed by atoms with Crippen LogP contribution in [0.25, 0.3) is 0 Å². The molecule has 0 bridgehead atoms. The molecule has 0 aliphatic rings. The molecule has 0 amide bonds. The van der Waals surface area contributed by atoms with Gasteiger partial charge in [0.25, 0.3) is 0 Å². The molecule has 0 aromatic heterocycles. The van der Waals surface area contributed by atoms with E-state index in [4.69, 9.17) is 5.11 Å². The van der Waals surface area contributed by atoms with Gasteiger partial charge in [-0.15, -0.1) is 0 Å². The number of carbonyl (C=O) groups is 2. The number of benzene rings is 2. The first-order valence-corrected chi connectivity index (χ1v) is 8.81. The van der Waals surface area contributed by atoms with Crippen LogP contribution < -0.4 is 0 Å². The Morgan fingerprint density at radius 2 is 1.62 bits per heavy atom. The van der Waals surface area contributed by atoms with Gasteiger partial charge in [-0.2, -0.15) is 0 Å². The van der Waals surface area contributed by atoms with Crippen molar-refractivity contribution in [2.24, 2.45) is 0 Å². The normalized spacial score (nSPS) is 13.2. The second-order valence-electron chi connectivity index (χ2n) is 5.38. The second kappa shape index (κ2) is 8.40. The van der Waals surface area contributed by atoms with E-state index in [1.165, 1.54) is 12.1 Å². The van der Waals surface area contributed by atoms with Crippen LogP contribution in [-0.4, -0.2) is 31.6 Å². The van der Waals surface area contributed by atoms with Gasteiger partial charge in [-0.1, -0.05) is 42.5 Å². The summed E-state index contributed by atoms with van der Waals surface area (Å²) in [5, 5.41) is 17.3. The van der Waals surface area contributed by atoms with E-state index in [0.717, 1.165) is 5.56 Å². The fourth-order valence-corrected chi connectivity index (χ4v) is 3.68. The number of carboxylic acid groups (broad SMARTS) is 2. The van der Waals surface area contributed by atoms with Crippen molar-refractivity contribution in [3.63, 3.8) is 0 Å². The first kappa shape index (κ1) is 17.9. The number of hydrogen-bond acceptors (Lipinski definition) is 3. The zero-order chi connectivity index (χ0) is 17.5. The van der Waals surface area contributed by atoms with Gasteiger partial charge in [-0.25, -0.2) is 4.79 Å². The number of aryl methyl sites for hydroxylation is 1. The Kier molecular flexibility index (Phi) is 6.26. The summed E-state index contributed by atoms with van der Waals surface area (Å²) in [5.74, 6) is -2.15. The molecule has 0 spiro atoms. The van der Waals surface area contributed by atoms with Gasteiger partial charge in [0, 0.05) is 16.6 Å². The van der Waals surface area contributed by atoms with Crippen molar-refractivity contribution in [3.8, 4) is 0 Å². The van der Waals surface area contributed by atoms with Crippen molar-refractivity contribution >= 4 is 22.7 Å². The summed E-state index contributed by atoms with van der Waals surface area (Å²) in [6, 6.07) is 15.5. The summed E-state index contributed by atoms with van der Waals surface area (Å²) in [7, 11) is -1.63. The fraction of sp³-hybridized carbons (Fsp3) is 0.222. The molecule has 0 fully saturated rings. The molecule has 5 nitrogen and oxygen atoms in total. The van der Waals surface area contributed by atoms with E-state index in [1.807, 2.05) is 30.3 Å². The third-order valence-corrected chi connectivity index (χ3v) is 5.30. The lowest BCUT2D eigenvalue weighted by Gasteiger charge is -2.12. The Labute approximate surface area is 142 Å². The lowest BCUT2D eigenvalue weighted by atomic mass is 10.1. The maximum absolute atomic E-state index is 12.4.